The molecule has 0 saturated carbocycles. The number of nitrogens with zero attached hydrogens (tertiary/aromatic N) is 4. The van der Waals surface area contributed by atoms with Gasteiger partial charge in [0.1, 0.15) is 0 Å². The van der Waals surface area contributed by atoms with Gasteiger partial charge in [-0.05, 0) is 27.6 Å². The van der Waals surface area contributed by atoms with E-state index in [2.05, 4.69) is 52.1 Å². The van der Waals surface area contributed by atoms with Crippen LogP contribution in [0.3, 0.4) is 0 Å². The van der Waals surface area contributed by atoms with Gasteiger partial charge in [-0.2, -0.15) is 0 Å². The van der Waals surface area contributed by atoms with Crippen molar-refractivity contribution >= 4 is 22.1 Å². The molecule has 2 aromatic rings. The summed E-state index contributed by atoms with van der Waals surface area (Å²) in [7, 11) is 6.22. The highest BCUT2D eigenvalue weighted by molar-refractivity contribution is 7.15. The number of rotatable bonds is 8. The summed E-state index contributed by atoms with van der Waals surface area (Å²) in [6.45, 7) is 6.18. The first kappa shape index (κ1) is 15.3. The van der Waals surface area contributed by atoms with E-state index in [1.54, 1.807) is 11.3 Å². The van der Waals surface area contributed by atoms with Crippen molar-refractivity contribution in [3.63, 3.8) is 0 Å². The lowest BCUT2D eigenvalue weighted by molar-refractivity contribution is 0.412. The van der Waals surface area contributed by atoms with Crippen LogP contribution >= 0.6 is 11.3 Å². The third kappa shape index (κ3) is 3.31. The molecule has 0 spiro atoms. The van der Waals surface area contributed by atoms with Gasteiger partial charge < -0.3 is 15.1 Å². The summed E-state index contributed by atoms with van der Waals surface area (Å²) < 4.78 is 2.20. The first-order valence-electron chi connectivity index (χ1n) is 7.16. The van der Waals surface area contributed by atoms with Crippen LogP contribution in [0.4, 0.5) is 5.82 Å². The predicted molar refractivity (Wildman–Crippen MR) is 86.9 cm³/mol. The van der Waals surface area contributed by atoms with Gasteiger partial charge in [-0.3, -0.25) is 4.40 Å². The Hall–Kier alpha value is -1.11. The molecule has 0 bridgehead atoms. The average molecular weight is 295 g/mol. The van der Waals surface area contributed by atoms with Crippen LogP contribution in [0.25, 0.3) is 4.96 Å². The van der Waals surface area contributed by atoms with E-state index in [1.165, 1.54) is 5.69 Å². The van der Waals surface area contributed by atoms with Gasteiger partial charge in [0.2, 0.25) is 0 Å². The van der Waals surface area contributed by atoms with Gasteiger partial charge in [-0.25, -0.2) is 4.98 Å². The second kappa shape index (κ2) is 7.06. The Morgan fingerprint density at radius 3 is 2.75 bits per heavy atom. The molecule has 0 unspecified atom stereocenters. The number of thiazole rings is 1. The molecule has 5 nitrogen and oxygen atoms in total. The van der Waals surface area contributed by atoms with E-state index in [9.17, 15) is 0 Å². The highest BCUT2D eigenvalue weighted by atomic mass is 32.1. The highest BCUT2D eigenvalue weighted by Crippen LogP contribution is 2.24. The van der Waals surface area contributed by atoms with Crippen LogP contribution < -0.4 is 10.2 Å². The molecule has 0 saturated heterocycles. The van der Waals surface area contributed by atoms with Gasteiger partial charge in [-0.1, -0.05) is 6.92 Å². The molecule has 0 aromatic carbocycles. The minimum atomic E-state index is 0.843. The zero-order valence-corrected chi connectivity index (χ0v) is 13.7. The van der Waals surface area contributed by atoms with Crippen LogP contribution in [0.2, 0.25) is 0 Å². The fourth-order valence-corrected chi connectivity index (χ4v) is 3.05. The van der Waals surface area contributed by atoms with E-state index in [1.807, 2.05) is 7.05 Å². The van der Waals surface area contributed by atoms with E-state index >= 15 is 0 Å². The number of fused-ring (bicyclic) bond motifs is 1. The number of aromatic nitrogens is 2. The van der Waals surface area contributed by atoms with Gasteiger partial charge in [0, 0.05) is 37.8 Å². The second-order valence-electron chi connectivity index (χ2n) is 5.26. The van der Waals surface area contributed by atoms with Gasteiger partial charge in [0.15, 0.2) is 10.8 Å². The highest BCUT2D eigenvalue weighted by Gasteiger charge is 2.18. The summed E-state index contributed by atoms with van der Waals surface area (Å²) in [6, 6.07) is 0. The molecule has 0 atom stereocenters. The molecule has 2 aromatic heterocycles. The maximum absolute atomic E-state index is 4.84. The number of imidazole rings is 1. The molecule has 1 N–H and O–H groups in total. The Balaban J connectivity index is 2.30. The molecule has 0 aliphatic carbocycles. The summed E-state index contributed by atoms with van der Waals surface area (Å²) in [4.78, 5) is 10.5. The van der Waals surface area contributed by atoms with Gasteiger partial charge in [0.25, 0.3) is 0 Å². The zero-order chi connectivity index (χ0) is 14.5. The van der Waals surface area contributed by atoms with Crippen LogP contribution in [-0.4, -0.2) is 55.1 Å². The van der Waals surface area contributed by atoms with Crippen molar-refractivity contribution in [1.29, 1.82) is 0 Å². The summed E-state index contributed by atoms with van der Waals surface area (Å²) in [5, 5.41) is 5.35. The molecular weight excluding hydrogens is 270 g/mol. The normalized spacial score (nSPS) is 11.7. The molecule has 0 fully saturated rings. The topological polar surface area (TPSA) is 35.8 Å². The van der Waals surface area contributed by atoms with E-state index in [0.717, 1.165) is 43.4 Å². The number of likely N-dealkylation sites (N-methyl/N-ethyl adjacent to an activating group) is 1. The number of hydrogen-bond donors (Lipinski definition) is 1. The van der Waals surface area contributed by atoms with Crippen molar-refractivity contribution < 1.29 is 0 Å². The quantitative estimate of drug-likeness (QED) is 0.807. The summed E-state index contributed by atoms with van der Waals surface area (Å²) in [6.07, 6.45) is 3.25. The largest absolute Gasteiger partial charge is 0.354 e. The lowest BCUT2D eigenvalue weighted by atomic mass is 10.3. The lowest BCUT2D eigenvalue weighted by Crippen LogP contribution is -2.33. The lowest BCUT2D eigenvalue weighted by Gasteiger charge is -2.25. The second-order valence-corrected chi connectivity index (χ2v) is 6.13. The van der Waals surface area contributed by atoms with Crippen LogP contribution in [-0.2, 0) is 6.54 Å². The molecule has 6 heteroatoms. The average Bonchev–Trinajstić information content (AvgIpc) is 2.97. The molecule has 112 valence electrons. The summed E-state index contributed by atoms with van der Waals surface area (Å²) in [5.74, 6) is 1.13. The third-order valence-corrected chi connectivity index (χ3v) is 4.05. The van der Waals surface area contributed by atoms with Crippen LogP contribution in [0, 0.1) is 0 Å². The minimum Gasteiger partial charge on any atom is -0.354 e. The van der Waals surface area contributed by atoms with Crippen molar-refractivity contribution in [2.24, 2.45) is 0 Å². The molecule has 0 amide bonds. The minimum absolute atomic E-state index is 0.843. The molecule has 0 radical (unpaired) electrons. The third-order valence-electron chi connectivity index (χ3n) is 3.29. The summed E-state index contributed by atoms with van der Waals surface area (Å²) in [5.41, 5.74) is 1.26. The standard InChI is InChI=1S/C14H25N5S/c1-5-6-18(8-7-17(3)4)13-12(11-15-2)19-9-10-20-14(19)16-13/h9-10,15H,5-8,11H2,1-4H3. The Morgan fingerprint density at radius 2 is 2.10 bits per heavy atom. The monoisotopic (exact) mass is 295 g/mol. The number of hydrogen-bond acceptors (Lipinski definition) is 5. The van der Waals surface area contributed by atoms with Crippen molar-refractivity contribution in [3.05, 3.63) is 17.3 Å². The molecule has 0 aliphatic rings. The molecular formula is C14H25N5S. The zero-order valence-electron chi connectivity index (χ0n) is 12.9. The van der Waals surface area contributed by atoms with E-state index in [0.29, 0.717) is 0 Å². The van der Waals surface area contributed by atoms with Gasteiger partial charge in [0.05, 0.1) is 5.69 Å². The Bertz CT molecular complexity index is 531. The Labute approximate surface area is 125 Å². The van der Waals surface area contributed by atoms with Crippen molar-refractivity contribution in [2.75, 3.05) is 45.7 Å². The van der Waals surface area contributed by atoms with Crippen LogP contribution in [0.5, 0.6) is 0 Å². The number of nitrogens with one attached hydrogen (secondary N) is 1. The molecule has 0 aliphatic heterocycles. The SMILES string of the molecule is CCCN(CCN(C)C)c1nc2sccn2c1CNC. The maximum Gasteiger partial charge on any atom is 0.195 e. The summed E-state index contributed by atoms with van der Waals surface area (Å²) >= 11 is 1.70. The molecule has 2 heterocycles. The molecule has 2 rings (SSSR count). The van der Waals surface area contributed by atoms with Crippen molar-refractivity contribution in [2.45, 2.75) is 19.9 Å². The first-order valence-corrected chi connectivity index (χ1v) is 8.04. The smallest absolute Gasteiger partial charge is 0.195 e. The van der Waals surface area contributed by atoms with E-state index < -0.39 is 0 Å². The van der Waals surface area contributed by atoms with Crippen LogP contribution in [0.1, 0.15) is 19.0 Å². The van der Waals surface area contributed by atoms with Gasteiger partial charge in [-0.15, -0.1) is 11.3 Å². The fraction of sp³-hybridized carbons (Fsp3) is 0.643. The van der Waals surface area contributed by atoms with E-state index in [-0.39, 0.29) is 0 Å². The van der Waals surface area contributed by atoms with Crippen molar-refractivity contribution in [3.8, 4) is 0 Å². The van der Waals surface area contributed by atoms with E-state index in [4.69, 9.17) is 4.98 Å². The predicted octanol–water partition coefficient (Wildman–Crippen LogP) is 1.89. The van der Waals surface area contributed by atoms with Crippen LogP contribution in [0.15, 0.2) is 11.6 Å². The first-order chi connectivity index (χ1) is 9.67. The Kier molecular flexibility index (Phi) is 5.39. The number of anilines is 1. The Morgan fingerprint density at radius 1 is 1.30 bits per heavy atom. The fourth-order valence-electron chi connectivity index (χ4n) is 2.32. The molecule has 20 heavy (non-hydrogen) atoms. The van der Waals surface area contributed by atoms with Gasteiger partial charge >= 0.3 is 0 Å². The maximum atomic E-state index is 4.84. The van der Waals surface area contributed by atoms with Crippen molar-refractivity contribution in [1.82, 2.24) is 19.6 Å².